The first kappa shape index (κ1) is 17.9. The molecule has 4 nitrogen and oxygen atoms in total. The van der Waals surface area contributed by atoms with Crippen molar-refractivity contribution >= 4 is 23.7 Å². The summed E-state index contributed by atoms with van der Waals surface area (Å²) in [7, 11) is 0. The Labute approximate surface area is 145 Å². The predicted molar refractivity (Wildman–Crippen MR) is 93.1 cm³/mol. The van der Waals surface area contributed by atoms with Gasteiger partial charge in [-0.3, -0.25) is 4.79 Å². The Balaban J connectivity index is 1.82. The van der Waals surface area contributed by atoms with Gasteiger partial charge in [-0.15, -0.1) is 0 Å². The fourth-order valence-electron chi connectivity index (χ4n) is 2.03. The summed E-state index contributed by atoms with van der Waals surface area (Å²) in [4.78, 5) is 11.7. The predicted octanol–water partition coefficient (Wildman–Crippen LogP) is 3.96. The van der Waals surface area contributed by atoms with Crippen molar-refractivity contribution in [2.75, 3.05) is 6.61 Å². The third-order valence-electron chi connectivity index (χ3n) is 3.21. The van der Waals surface area contributed by atoms with Crippen molar-refractivity contribution in [2.24, 2.45) is 5.10 Å². The van der Waals surface area contributed by atoms with Crippen LogP contribution in [-0.2, 0) is 11.2 Å². The highest BCUT2D eigenvalue weighted by Crippen LogP contribution is 2.16. The van der Waals surface area contributed by atoms with Gasteiger partial charge in [-0.25, -0.2) is 9.82 Å². The van der Waals surface area contributed by atoms with Gasteiger partial charge in [0.15, 0.2) is 6.61 Å². The maximum absolute atomic E-state index is 13.5. The van der Waals surface area contributed by atoms with Crippen LogP contribution < -0.4 is 10.2 Å². The molecule has 0 saturated heterocycles. The first-order chi connectivity index (χ1) is 11.6. The van der Waals surface area contributed by atoms with E-state index in [-0.39, 0.29) is 17.2 Å². The maximum Gasteiger partial charge on any atom is 0.277 e. The van der Waals surface area contributed by atoms with E-state index in [9.17, 15) is 9.18 Å². The number of amides is 1. The van der Waals surface area contributed by atoms with E-state index in [0.29, 0.717) is 5.75 Å². The number of nitrogens with one attached hydrogen (secondary N) is 1. The fourth-order valence-corrected chi connectivity index (χ4v) is 2.24. The lowest BCUT2D eigenvalue weighted by Crippen LogP contribution is -2.24. The van der Waals surface area contributed by atoms with E-state index in [1.54, 1.807) is 6.07 Å². The van der Waals surface area contributed by atoms with Crippen LogP contribution in [0.4, 0.5) is 4.39 Å². The highest BCUT2D eigenvalue weighted by molar-refractivity contribution is 6.33. The van der Waals surface area contributed by atoms with Gasteiger partial charge in [-0.1, -0.05) is 43.1 Å². The summed E-state index contributed by atoms with van der Waals surface area (Å²) in [6.07, 6.45) is 3.25. The van der Waals surface area contributed by atoms with Crippen LogP contribution in [-0.4, -0.2) is 18.7 Å². The summed E-state index contributed by atoms with van der Waals surface area (Å²) in [5, 5.41) is 3.90. The highest BCUT2D eigenvalue weighted by Gasteiger charge is 2.05. The number of ether oxygens (including phenoxy) is 1. The number of nitrogens with zero attached hydrogens (tertiary/aromatic N) is 1. The summed E-state index contributed by atoms with van der Waals surface area (Å²) in [5.74, 6) is -0.355. The molecule has 0 aliphatic carbocycles. The second-order valence-corrected chi connectivity index (χ2v) is 5.52. The normalized spacial score (nSPS) is 10.8. The van der Waals surface area contributed by atoms with E-state index < -0.39 is 11.7 Å². The summed E-state index contributed by atoms with van der Waals surface area (Å²) in [6, 6.07) is 11.9. The van der Waals surface area contributed by atoms with Gasteiger partial charge in [-0.2, -0.15) is 5.10 Å². The molecule has 126 valence electrons. The first-order valence-corrected chi connectivity index (χ1v) is 7.95. The quantitative estimate of drug-likeness (QED) is 0.608. The monoisotopic (exact) mass is 348 g/mol. The third kappa shape index (κ3) is 5.35. The Bertz CT molecular complexity index is 697. The standard InChI is InChI=1S/C18H18ClFN2O2/c1-2-4-13-7-9-14(10-8-13)24-12-18(23)22-21-11-15-16(19)5-3-6-17(15)20/h3,5-11H,2,4,12H2,1H3,(H,22,23). The van der Waals surface area contributed by atoms with E-state index in [4.69, 9.17) is 16.3 Å². The molecule has 0 heterocycles. The first-order valence-electron chi connectivity index (χ1n) is 7.57. The van der Waals surface area contributed by atoms with Crippen molar-refractivity contribution in [1.82, 2.24) is 5.43 Å². The molecule has 2 aromatic rings. The molecule has 0 radical (unpaired) electrons. The van der Waals surface area contributed by atoms with Crippen LogP contribution in [0.5, 0.6) is 5.75 Å². The molecule has 0 bridgehead atoms. The van der Waals surface area contributed by atoms with Gasteiger partial charge in [0.25, 0.3) is 5.91 Å². The van der Waals surface area contributed by atoms with E-state index in [0.717, 1.165) is 19.1 Å². The zero-order chi connectivity index (χ0) is 17.4. The number of aryl methyl sites for hydroxylation is 1. The lowest BCUT2D eigenvalue weighted by Gasteiger charge is -2.06. The zero-order valence-electron chi connectivity index (χ0n) is 13.3. The minimum Gasteiger partial charge on any atom is -0.484 e. The fraction of sp³-hybridized carbons (Fsp3) is 0.222. The summed E-state index contributed by atoms with van der Waals surface area (Å²) in [5.41, 5.74) is 3.61. The lowest BCUT2D eigenvalue weighted by atomic mass is 10.1. The van der Waals surface area contributed by atoms with Gasteiger partial charge in [0.1, 0.15) is 11.6 Å². The van der Waals surface area contributed by atoms with Gasteiger partial charge in [-0.05, 0) is 36.2 Å². The Morgan fingerprint density at radius 2 is 2.04 bits per heavy atom. The van der Waals surface area contributed by atoms with E-state index in [1.807, 2.05) is 24.3 Å². The molecule has 0 fully saturated rings. The van der Waals surface area contributed by atoms with Crippen LogP contribution >= 0.6 is 11.6 Å². The van der Waals surface area contributed by atoms with E-state index >= 15 is 0 Å². The number of carbonyl (C=O) groups excluding carboxylic acids is 1. The van der Waals surface area contributed by atoms with Gasteiger partial charge in [0.05, 0.1) is 11.2 Å². The number of rotatable bonds is 7. The topological polar surface area (TPSA) is 50.7 Å². The summed E-state index contributed by atoms with van der Waals surface area (Å²) < 4.78 is 18.9. The molecule has 2 aromatic carbocycles. The summed E-state index contributed by atoms with van der Waals surface area (Å²) >= 11 is 5.85. The minimum atomic E-state index is -0.510. The molecule has 6 heteroatoms. The van der Waals surface area contributed by atoms with Crippen LogP contribution in [0.3, 0.4) is 0 Å². The van der Waals surface area contributed by atoms with Gasteiger partial charge in [0, 0.05) is 5.56 Å². The third-order valence-corrected chi connectivity index (χ3v) is 3.54. The highest BCUT2D eigenvalue weighted by atomic mass is 35.5. The Kier molecular flexibility index (Phi) is 6.75. The molecule has 0 saturated carbocycles. The zero-order valence-corrected chi connectivity index (χ0v) is 14.0. The van der Waals surface area contributed by atoms with Crippen molar-refractivity contribution in [3.05, 3.63) is 64.4 Å². The number of carbonyl (C=O) groups is 1. The van der Waals surface area contributed by atoms with Gasteiger partial charge < -0.3 is 4.74 Å². The average molecular weight is 349 g/mol. The largest absolute Gasteiger partial charge is 0.484 e. The second-order valence-electron chi connectivity index (χ2n) is 5.11. The second kappa shape index (κ2) is 9.03. The van der Waals surface area contributed by atoms with Gasteiger partial charge >= 0.3 is 0 Å². The SMILES string of the molecule is CCCc1ccc(OCC(=O)NN=Cc2c(F)cccc2Cl)cc1. The van der Waals surface area contributed by atoms with Crippen molar-refractivity contribution in [3.63, 3.8) is 0 Å². The molecule has 2 rings (SSSR count). The van der Waals surface area contributed by atoms with Crippen molar-refractivity contribution in [2.45, 2.75) is 19.8 Å². The van der Waals surface area contributed by atoms with Crippen molar-refractivity contribution in [1.29, 1.82) is 0 Å². The molecular weight excluding hydrogens is 331 g/mol. The van der Waals surface area contributed by atoms with Crippen molar-refractivity contribution < 1.29 is 13.9 Å². The van der Waals surface area contributed by atoms with Crippen LogP contribution in [0.25, 0.3) is 0 Å². The number of hydrazone groups is 1. The smallest absolute Gasteiger partial charge is 0.277 e. The molecular formula is C18H18ClFN2O2. The molecule has 0 aliphatic heterocycles. The summed E-state index contributed by atoms with van der Waals surface area (Å²) in [6.45, 7) is 1.93. The number of halogens is 2. The Morgan fingerprint density at radius 1 is 1.29 bits per heavy atom. The molecule has 24 heavy (non-hydrogen) atoms. The molecule has 0 aliphatic rings. The molecule has 0 spiro atoms. The molecule has 1 amide bonds. The number of hydrogen-bond acceptors (Lipinski definition) is 3. The van der Waals surface area contributed by atoms with Gasteiger partial charge in [0.2, 0.25) is 0 Å². The average Bonchev–Trinajstić information content (AvgIpc) is 2.57. The maximum atomic E-state index is 13.5. The number of hydrogen-bond donors (Lipinski definition) is 1. The lowest BCUT2D eigenvalue weighted by molar-refractivity contribution is -0.123. The van der Waals surface area contributed by atoms with Crippen LogP contribution in [0.1, 0.15) is 24.5 Å². The van der Waals surface area contributed by atoms with E-state index in [1.165, 1.54) is 17.7 Å². The molecule has 0 aromatic heterocycles. The van der Waals surface area contributed by atoms with Crippen molar-refractivity contribution in [3.8, 4) is 5.75 Å². The van der Waals surface area contributed by atoms with Crippen LogP contribution in [0.15, 0.2) is 47.6 Å². The molecule has 0 unspecified atom stereocenters. The Morgan fingerprint density at radius 3 is 2.71 bits per heavy atom. The molecule has 1 N–H and O–H groups in total. The molecule has 0 atom stereocenters. The minimum absolute atomic E-state index is 0.117. The Hall–Kier alpha value is -2.40. The van der Waals surface area contributed by atoms with Crippen LogP contribution in [0.2, 0.25) is 5.02 Å². The van der Waals surface area contributed by atoms with E-state index in [2.05, 4.69) is 17.5 Å². The van der Waals surface area contributed by atoms with Crippen LogP contribution in [0, 0.1) is 5.82 Å². The number of benzene rings is 2.